The molecule has 0 aromatic heterocycles. The maximum Gasteiger partial charge on any atom is 0.220 e. The topological polar surface area (TPSA) is 41.1 Å². The van der Waals surface area contributed by atoms with Crippen LogP contribution in [-0.2, 0) is 4.79 Å². The molecule has 3 heteroatoms. The summed E-state index contributed by atoms with van der Waals surface area (Å²) in [6, 6.07) is 0.403. The highest BCUT2D eigenvalue weighted by Gasteiger charge is 2.17. The minimum Gasteiger partial charge on any atom is -0.353 e. The van der Waals surface area contributed by atoms with Crippen LogP contribution in [0.4, 0.5) is 0 Å². The molecule has 3 nitrogen and oxygen atoms in total. The number of nitrogens with one attached hydrogen (secondary N) is 2. The van der Waals surface area contributed by atoms with Crippen molar-refractivity contribution in [2.24, 2.45) is 11.8 Å². The summed E-state index contributed by atoms with van der Waals surface area (Å²) in [5, 5.41) is 6.45. The van der Waals surface area contributed by atoms with Gasteiger partial charge < -0.3 is 10.6 Å². The van der Waals surface area contributed by atoms with Gasteiger partial charge in [0.15, 0.2) is 0 Å². The van der Waals surface area contributed by atoms with E-state index in [0.717, 1.165) is 32.4 Å². The third kappa shape index (κ3) is 5.50. The molecule has 1 unspecified atom stereocenters. The first-order valence-corrected chi connectivity index (χ1v) is 6.58. The Hall–Kier alpha value is -0.570. The van der Waals surface area contributed by atoms with Gasteiger partial charge in [-0.2, -0.15) is 0 Å². The van der Waals surface area contributed by atoms with Crippen LogP contribution in [0.2, 0.25) is 0 Å². The molecule has 1 heterocycles. The number of rotatable bonds is 5. The molecule has 1 rings (SSSR count). The highest BCUT2D eigenvalue weighted by molar-refractivity contribution is 5.76. The third-order valence-electron chi connectivity index (χ3n) is 3.11. The third-order valence-corrected chi connectivity index (χ3v) is 3.11. The number of hydrogen-bond acceptors (Lipinski definition) is 2. The molecule has 94 valence electrons. The average molecular weight is 226 g/mol. The summed E-state index contributed by atoms with van der Waals surface area (Å²) in [5.41, 5.74) is 0. The quantitative estimate of drug-likeness (QED) is 0.752. The molecule has 0 saturated carbocycles. The van der Waals surface area contributed by atoms with Gasteiger partial charge in [-0.1, -0.05) is 20.8 Å². The number of amides is 1. The SMILES string of the molecule is CC(C)CC(C)CC(=O)NC1CCNCC1. The lowest BCUT2D eigenvalue weighted by atomic mass is 9.95. The number of hydrogen-bond donors (Lipinski definition) is 2. The van der Waals surface area contributed by atoms with Crippen molar-refractivity contribution < 1.29 is 4.79 Å². The minimum atomic E-state index is 0.236. The average Bonchev–Trinajstić information content (AvgIpc) is 2.17. The molecule has 0 aliphatic carbocycles. The Kier molecular flexibility index (Phi) is 5.81. The lowest BCUT2D eigenvalue weighted by Crippen LogP contribution is -2.43. The summed E-state index contributed by atoms with van der Waals surface area (Å²) in [6.45, 7) is 8.66. The summed E-state index contributed by atoms with van der Waals surface area (Å²) < 4.78 is 0. The van der Waals surface area contributed by atoms with Crippen molar-refractivity contribution in [1.82, 2.24) is 10.6 Å². The fourth-order valence-corrected chi connectivity index (χ4v) is 2.46. The predicted molar refractivity (Wildman–Crippen MR) is 67.3 cm³/mol. The fourth-order valence-electron chi connectivity index (χ4n) is 2.46. The molecule has 1 fully saturated rings. The Morgan fingerprint density at radius 1 is 1.31 bits per heavy atom. The van der Waals surface area contributed by atoms with E-state index in [4.69, 9.17) is 0 Å². The highest BCUT2D eigenvalue weighted by atomic mass is 16.1. The monoisotopic (exact) mass is 226 g/mol. The Bertz CT molecular complexity index is 210. The van der Waals surface area contributed by atoms with E-state index in [9.17, 15) is 4.79 Å². The second kappa shape index (κ2) is 6.89. The van der Waals surface area contributed by atoms with E-state index in [2.05, 4.69) is 31.4 Å². The van der Waals surface area contributed by atoms with E-state index in [0.29, 0.717) is 24.3 Å². The molecule has 0 radical (unpaired) electrons. The molecule has 0 spiro atoms. The first-order chi connectivity index (χ1) is 7.58. The Morgan fingerprint density at radius 2 is 1.94 bits per heavy atom. The largest absolute Gasteiger partial charge is 0.353 e. The standard InChI is InChI=1S/C13H26N2O/c1-10(2)8-11(3)9-13(16)15-12-4-6-14-7-5-12/h10-12,14H,4-9H2,1-3H3,(H,15,16). The van der Waals surface area contributed by atoms with Crippen molar-refractivity contribution in [2.45, 2.75) is 52.5 Å². The van der Waals surface area contributed by atoms with Crippen LogP contribution in [0.5, 0.6) is 0 Å². The predicted octanol–water partition coefficient (Wildman–Crippen LogP) is 1.93. The zero-order valence-electron chi connectivity index (χ0n) is 10.9. The number of piperidine rings is 1. The number of carbonyl (C=O) groups is 1. The van der Waals surface area contributed by atoms with Crippen molar-refractivity contribution >= 4 is 5.91 Å². The molecule has 0 aromatic carbocycles. The van der Waals surface area contributed by atoms with Crippen LogP contribution < -0.4 is 10.6 Å². The van der Waals surface area contributed by atoms with Gasteiger partial charge in [-0.05, 0) is 44.2 Å². The molecule has 1 atom stereocenters. The van der Waals surface area contributed by atoms with Gasteiger partial charge in [0.1, 0.15) is 0 Å². The van der Waals surface area contributed by atoms with Crippen LogP contribution in [0.25, 0.3) is 0 Å². The van der Waals surface area contributed by atoms with E-state index in [-0.39, 0.29) is 5.91 Å². The lowest BCUT2D eigenvalue weighted by Gasteiger charge is -2.24. The Labute approximate surface area is 99.4 Å². The minimum absolute atomic E-state index is 0.236. The van der Waals surface area contributed by atoms with Gasteiger partial charge in [0.25, 0.3) is 0 Å². The van der Waals surface area contributed by atoms with Gasteiger partial charge in [0.05, 0.1) is 0 Å². The summed E-state index contributed by atoms with van der Waals surface area (Å²) in [5.74, 6) is 1.42. The van der Waals surface area contributed by atoms with Gasteiger partial charge in [0, 0.05) is 12.5 Å². The fraction of sp³-hybridized carbons (Fsp3) is 0.923. The van der Waals surface area contributed by atoms with Crippen molar-refractivity contribution in [3.63, 3.8) is 0 Å². The zero-order valence-corrected chi connectivity index (χ0v) is 10.9. The van der Waals surface area contributed by atoms with Gasteiger partial charge in [-0.3, -0.25) is 4.79 Å². The van der Waals surface area contributed by atoms with Gasteiger partial charge in [0.2, 0.25) is 5.91 Å². The Morgan fingerprint density at radius 3 is 2.50 bits per heavy atom. The molecule has 1 aliphatic rings. The van der Waals surface area contributed by atoms with Crippen LogP contribution >= 0.6 is 0 Å². The summed E-state index contributed by atoms with van der Waals surface area (Å²) in [4.78, 5) is 11.8. The van der Waals surface area contributed by atoms with Crippen LogP contribution in [0.1, 0.15) is 46.5 Å². The molecule has 1 aliphatic heterocycles. The molecule has 1 saturated heterocycles. The molecular weight excluding hydrogens is 200 g/mol. The zero-order chi connectivity index (χ0) is 12.0. The van der Waals surface area contributed by atoms with Gasteiger partial charge in [-0.15, -0.1) is 0 Å². The maximum atomic E-state index is 11.8. The molecule has 1 amide bonds. The smallest absolute Gasteiger partial charge is 0.220 e. The molecule has 16 heavy (non-hydrogen) atoms. The van der Waals surface area contributed by atoms with Gasteiger partial charge >= 0.3 is 0 Å². The molecule has 2 N–H and O–H groups in total. The molecule has 0 aromatic rings. The van der Waals surface area contributed by atoms with Crippen molar-refractivity contribution in [3.8, 4) is 0 Å². The van der Waals surface area contributed by atoms with Crippen LogP contribution in [0.3, 0.4) is 0 Å². The highest BCUT2D eigenvalue weighted by Crippen LogP contribution is 2.14. The lowest BCUT2D eigenvalue weighted by molar-refractivity contribution is -0.122. The summed E-state index contributed by atoms with van der Waals surface area (Å²) in [6.07, 6.45) is 3.97. The van der Waals surface area contributed by atoms with E-state index in [1.165, 1.54) is 0 Å². The van der Waals surface area contributed by atoms with E-state index in [1.807, 2.05) is 0 Å². The van der Waals surface area contributed by atoms with Crippen molar-refractivity contribution in [1.29, 1.82) is 0 Å². The molecule has 0 bridgehead atoms. The van der Waals surface area contributed by atoms with Crippen LogP contribution in [0, 0.1) is 11.8 Å². The normalized spacial score (nSPS) is 19.8. The first kappa shape index (κ1) is 13.5. The maximum absolute atomic E-state index is 11.8. The molecular formula is C13H26N2O. The van der Waals surface area contributed by atoms with E-state index >= 15 is 0 Å². The Balaban J connectivity index is 2.18. The van der Waals surface area contributed by atoms with Crippen LogP contribution in [-0.4, -0.2) is 25.0 Å². The van der Waals surface area contributed by atoms with E-state index < -0.39 is 0 Å². The van der Waals surface area contributed by atoms with Crippen molar-refractivity contribution in [2.75, 3.05) is 13.1 Å². The first-order valence-electron chi connectivity index (χ1n) is 6.58. The summed E-state index contributed by atoms with van der Waals surface area (Å²) >= 11 is 0. The number of carbonyl (C=O) groups excluding carboxylic acids is 1. The van der Waals surface area contributed by atoms with Crippen molar-refractivity contribution in [3.05, 3.63) is 0 Å². The summed E-state index contributed by atoms with van der Waals surface area (Å²) in [7, 11) is 0. The van der Waals surface area contributed by atoms with Gasteiger partial charge in [-0.25, -0.2) is 0 Å². The van der Waals surface area contributed by atoms with Crippen LogP contribution in [0.15, 0.2) is 0 Å². The van der Waals surface area contributed by atoms with E-state index in [1.54, 1.807) is 0 Å². The second-order valence-electron chi connectivity index (χ2n) is 5.53. The second-order valence-corrected chi connectivity index (χ2v) is 5.53.